The van der Waals surface area contributed by atoms with Crippen molar-refractivity contribution in [3.63, 3.8) is 0 Å². The molecule has 1 aliphatic rings. The predicted octanol–water partition coefficient (Wildman–Crippen LogP) is 1.54. The molecule has 0 bridgehead atoms. The molecule has 0 saturated carbocycles. The monoisotopic (exact) mass is 245 g/mol. The zero-order valence-corrected chi connectivity index (χ0v) is 9.41. The van der Waals surface area contributed by atoms with Crippen molar-refractivity contribution in [1.29, 1.82) is 0 Å². The third-order valence-electron chi connectivity index (χ3n) is 2.33. The van der Waals surface area contributed by atoms with Crippen molar-refractivity contribution in [3.8, 4) is 0 Å². The fourth-order valence-electron chi connectivity index (χ4n) is 1.51. The Morgan fingerprint density at radius 2 is 2.12 bits per heavy atom. The van der Waals surface area contributed by atoms with Gasteiger partial charge in [-0.1, -0.05) is 10.5 Å². The van der Waals surface area contributed by atoms with E-state index in [1.54, 1.807) is 0 Å². The van der Waals surface area contributed by atoms with Gasteiger partial charge in [0.1, 0.15) is 5.82 Å². The SMILES string of the molecule is O=S(=O)(c1cccc(F)c1)N1CCCCO1. The van der Waals surface area contributed by atoms with Crippen molar-refractivity contribution < 1.29 is 17.6 Å². The van der Waals surface area contributed by atoms with Crippen molar-refractivity contribution in [1.82, 2.24) is 4.47 Å². The maximum absolute atomic E-state index is 12.9. The molecule has 16 heavy (non-hydrogen) atoms. The first-order valence-corrected chi connectivity index (χ1v) is 6.46. The second-order valence-corrected chi connectivity index (χ2v) is 5.36. The van der Waals surface area contributed by atoms with Crippen LogP contribution in [0.2, 0.25) is 0 Å². The number of rotatable bonds is 2. The number of hydrogen-bond donors (Lipinski definition) is 0. The van der Waals surface area contributed by atoms with Crippen LogP contribution in [0.25, 0.3) is 0 Å². The van der Waals surface area contributed by atoms with Gasteiger partial charge in [-0.3, -0.25) is 4.84 Å². The van der Waals surface area contributed by atoms with E-state index in [1.165, 1.54) is 18.2 Å². The van der Waals surface area contributed by atoms with Gasteiger partial charge < -0.3 is 0 Å². The van der Waals surface area contributed by atoms with E-state index in [2.05, 4.69) is 0 Å². The first kappa shape index (κ1) is 11.5. The Hall–Kier alpha value is -0.980. The Balaban J connectivity index is 2.30. The third-order valence-corrected chi connectivity index (χ3v) is 4.01. The Kier molecular flexibility index (Phi) is 3.22. The van der Waals surface area contributed by atoms with Crippen LogP contribution in [0.3, 0.4) is 0 Å². The molecule has 0 amide bonds. The lowest BCUT2D eigenvalue weighted by Gasteiger charge is -2.25. The van der Waals surface area contributed by atoms with Gasteiger partial charge >= 0.3 is 0 Å². The van der Waals surface area contributed by atoms with E-state index in [1.807, 2.05) is 0 Å². The first-order valence-electron chi connectivity index (χ1n) is 5.02. The first-order chi connectivity index (χ1) is 7.60. The summed E-state index contributed by atoms with van der Waals surface area (Å²) >= 11 is 0. The van der Waals surface area contributed by atoms with E-state index in [0.29, 0.717) is 13.2 Å². The van der Waals surface area contributed by atoms with Crippen molar-refractivity contribution in [2.75, 3.05) is 13.2 Å². The highest BCUT2D eigenvalue weighted by Crippen LogP contribution is 2.19. The maximum Gasteiger partial charge on any atom is 0.265 e. The summed E-state index contributed by atoms with van der Waals surface area (Å²) in [5.41, 5.74) is 0. The Labute approximate surface area is 93.6 Å². The average Bonchev–Trinajstić information content (AvgIpc) is 2.30. The van der Waals surface area contributed by atoms with E-state index < -0.39 is 15.8 Å². The molecule has 1 aliphatic heterocycles. The number of hydroxylamine groups is 1. The second kappa shape index (κ2) is 4.48. The molecule has 88 valence electrons. The zero-order valence-electron chi connectivity index (χ0n) is 8.60. The van der Waals surface area contributed by atoms with Crippen LogP contribution in [-0.4, -0.2) is 26.0 Å². The molecule has 6 heteroatoms. The van der Waals surface area contributed by atoms with Gasteiger partial charge in [0.2, 0.25) is 0 Å². The van der Waals surface area contributed by atoms with Gasteiger partial charge in [0.15, 0.2) is 0 Å². The fraction of sp³-hybridized carbons (Fsp3) is 0.400. The quantitative estimate of drug-likeness (QED) is 0.794. The molecule has 0 unspecified atom stereocenters. The van der Waals surface area contributed by atoms with Gasteiger partial charge in [0.25, 0.3) is 10.0 Å². The Morgan fingerprint density at radius 1 is 1.31 bits per heavy atom. The van der Waals surface area contributed by atoms with Gasteiger partial charge in [-0.05, 0) is 31.0 Å². The molecule has 0 aromatic heterocycles. The van der Waals surface area contributed by atoms with Crippen LogP contribution in [0.4, 0.5) is 4.39 Å². The molecule has 0 N–H and O–H groups in total. The van der Waals surface area contributed by atoms with Gasteiger partial charge in [-0.15, -0.1) is 0 Å². The van der Waals surface area contributed by atoms with E-state index in [0.717, 1.165) is 23.4 Å². The molecule has 1 aromatic carbocycles. The highest BCUT2D eigenvalue weighted by molar-refractivity contribution is 7.89. The van der Waals surface area contributed by atoms with Crippen LogP contribution >= 0.6 is 0 Å². The lowest BCUT2D eigenvalue weighted by atomic mass is 10.3. The smallest absolute Gasteiger partial charge is 0.265 e. The number of benzene rings is 1. The van der Waals surface area contributed by atoms with Crippen molar-refractivity contribution >= 4 is 10.0 Å². The minimum atomic E-state index is -3.71. The highest BCUT2D eigenvalue weighted by atomic mass is 32.2. The minimum Gasteiger partial charge on any atom is -0.284 e. The molecule has 0 aliphatic carbocycles. The number of nitrogens with zero attached hydrogens (tertiary/aromatic N) is 1. The van der Waals surface area contributed by atoms with E-state index in [-0.39, 0.29) is 4.90 Å². The van der Waals surface area contributed by atoms with Crippen LogP contribution in [0, 0.1) is 5.82 Å². The maximum atomic E-state index is 12.9. The highest BCUT2D eigenvalue weighted by Gasteiger charge is 2.27. The molecule has 0 spiro atoms. The number of sulfonamides is 1. The fourth-order valence-corrected chi connectivity index (χ4v) is 2.84. The summed E-state index contributed by atoms with van der Waals surface area (Å²) < 4.78 is 37.8. The number of hydrogen-bond acceptors (Lipinski definition) is 3. The summed E-state index contributed by atoms with van der Waals surface area (Å²) in [7, 11) is -3.71. The molecule has 1 saturated heterocycles. The van der Waals surface area contributed by atoms with E-state index in [9.17, 15) is 12.8 Å². The Morgan fingerprint density at radius 3 is 2.75 bits per heavy atom. The van der Waals surface area contributed by atoms with Crippen LogP contribution < -0.4 is 0 Å². The van der Waals surface area contributed by atoms with Gasteiger partial charge in [-0.2, -0.15) is 0 Å². The zero-order chi connectivity index (χ0) is 11.6. The van der Waals surface area contributed by atoms with Crippen LogP contribution in [0.15, 0.2) is 29.2 Å². The molecule has 2 rings (SSSR count). The van der Waals surface area contributed by atoms with Gasteiger partial charge in [-0.25, -0.2) is 12.8 Å². The topological polar surface area (TPSA) is 46.6 Å². The predicted molar refractivity (Wildman–Crippen MR) is 55.5 cm³/mol. The molecule has 0 atom stereocenters. The summed E-state index contributed by atoms with van der Waals surface area (Å²) in [4.78, 5) is 4.99. The minimum absolute atomic E-state index is 0.0746. The summed E-state index contributed by atoms with van der Waals surface area (Å²) in [5, 5.41) is 0. The normalized spacial score (nSPS) is 18.6. The third kappa shape index (κ3) is 2.23. The summed E-state index contributed by atoms with van der Waals surface area (Å²) in [6.07, 6.45) is 1.60. The second-order valence-electron chi connectivity index (χ2n) is 3.53. The number of halogens is 1. The van der Waals surface area contributed by atoms with Crippen LogP contribution in [0.5, 0.6) is 0 Å². The van der Waals surface area contributed by atoms with Gasteiger partial charge in [0, 0.05) is 6.54 Å². The van der Waals surface area contributed by atoms with Crippen molar-refractivity contribution in [2.45, 2.75) is 17.7 Å². The molecule has 4 nitrogen and oxygen atoms in total. The lowest BCUT2D eigenvalue weighted by Crippen LogP contribution is -2.35. The van der Waals surface area contributed by atoms with Crippen molar-refractivity contribution in [3.05, 3.63) is 30.1 Å². The lowest BCUT2D eigenvalue weighted by molar-refractivity contribution is -0.108. The largest absolute Gasteiger partial charge is 0.284 e. The average molecular weight is 245 g/mol. The van der Waals surface area contributed by atoms with Crippen LogP contribution in [-0.2, 0) is 14.9 Å². The molecular weight excluding hydrogens is 233 g/mol. The van der Waals surface area contributed by atoms with Crippen LogP contribution in [0.1, 0.15) is 12.8 Å². The molecular formula is C10H12FNO3S. The van der Waals surface area contributed by atoms with Gasteiger partial charge in [0.05, 0.1) is 11.5 Å². The van der Waals surface area contributed by atoms with E-state index in [4.69, 9.17) is 4.84 Å². The summed E-state index contributed by atoms with van der Waals surface area (Å²) in [6.45, 7) is 0.702. The molecule has 1 fully saturated rings. The molecule has 1 heterocycles. The molecule has 0 radical (unpaired) electrons. The van der Waals surface area contributed by atoms with Crippen molar-refractivity contribution in [2.24, 2.45) is 0 Å². The summed E-state index contributed by atoms with van der Waals surface area (Å²) in [5.74, 6) is -0.571. The summed E-state index contributed by atoms with van der Waals surface area (Å²) in [6, 6.07) is 4.92. The standard InChI is InChI=1S/C10H12FNO3S/c11-9-4-3-5-10(8-9)16(13,14)12-6-1-2-7-15-12/h3-5,8H,1-2,6-7H2. The molecule has 1 aromatic rings. The Bertz CT molecular complexity index is 469. The van der Waals surface area contributed by atoms with E-state index >= 15 is 0 Å².